The Morgan fingerprint density at radius 3 is 2.61 bits per heavy atom. The van der Waals surface area contributed by atoms with E-state index in [-0.39, 0.29) is 5.91 Å². The third-order valence-corrected chi connectivity index (χ3v) is 4.35. The number of aliphatic imine (C=N–C) groups is 1. The van der Waals surface area contributed by atoms with Crippen molar-refractivity contribution in [2.24, 2.45) is 10.7 Å². The van der Waals surface area contributed by atoms with Gasteiger partial charge in [-0.05, 0) is 24.3 Å². The second kappa shape index (κ2) is 12.9. The lowest BCUT2D eigenvalue weighted by atomic mass is 10.1. The molecule has 5 nitrogen and oxygen atoms in total. The highest BCUT2D eigenvalue weighted by Crippen LogP contribution is 2.07. The van der Waals surface area contributed by atoms with E-state index in [4.69, 9.17) is 5.73 Å². The Kier molecular flexibility index (Phi) is 11.0. The van der Waals surface area contributed by atoms with Crippen LogP contribution in [0.2, 0.25) is 0 Å². The quantitative estimate of drug-likeness (QED) is 0.311. The fourth-order valence-corrected chi connectivity index (χ4v) is 2.79. The van der Waals surface area contributed by atoms with Gasteiger partial charge in [0, 0.05) is 19.6 Å². The maximum absolute atomic E-state index is 11.7. The van der Waals surface area contributed by atoms with Crippen molar-refractivity contribution in [3.05, 3.63) is 22.4 Å². The predicted octanol–water partition coefficient (Wildman–Crippen LogP) is 3.13. The SMILES string of the molecule is CCCCCCCCNC(N)=NCCCNC(=O)c1cccs1. The van der Waals surface area contributed by atoms with Crippen LogP contribution in [0, 0.1) is 0 Å². The summed E-state index contributed by atoms with van der Waals surface area (Å²) in [7, 11) is 0. The van der Waals surface area contributed by atoms with E-state index in [0.29, 0.717) is 19.0 Å². The second-order valence-electron chi connectivity index (χ2n) is 5.55. The van der Waals surface area contributed by atoms with E-state index in [0.717, 1.165) is 24.3 Å². The zero-order valence-corrected chi connectivity index (χ0v) is 15.0. The number of carbonyl (C=O) groups excluding carboxylic acids is 1. The largest absolute Gasteiger partial charge is 0.370 e. The van der Waals surface area contributed by atoms with Crippen molar-refractivity contribution in [3.8, 4) is 0 Å². The van der Waals surface area contributed by atoms with Crippen LogP contribution >= 0.6 is 11.3 Å². The molecular formula is C17H30N4OS. The molecule has 1 heterocycles. The highest BCUT2D eigenvalue weighted by atomic mass is 32.1. The van der Waals surface area contributed by atoms with Crippen molar-refractivity contribution >= 4 is 23.2 Å². The normalized spacial score (nSPS) is 11.4. The molecule has 0 bridgehead atoms. The smallest absolute Gasteiger partial charge is 0.261 e. The molecule has 4 N–H and O–H groups in total. The maximum atomic E-state index is 11.7. The molecule has 0 unspecified atom stereocenters. The van der Waals surface area contributed by atoms with Gasteiger partial charge in [0.15, 0.2) is 5.96 Å². The van der Waals surface area contributed by atoms with E-state index in [2.05, 4.69) is 22.5 Å². The number of nitrogens with two attached hydrogens (primary N) is 1. The number of nitrogens with one attached hydrogen (secondary N) is 2. The predicted molar refractivity (Wildman–Crippen MR) is 99.1 cm³/mol. The van der Waals surface area contributed by atoms with Gasteiger partial charge in [-0.15, -0.1) is 11.3 Å². The Morgan fingerprint density at radius 1 is 1.13 bits per heavy atom. The first-order chi connectivity index (χ1) is 11.2. The Morgan fingerprint density at radius 2 is 1.87 bits per heavy atom. The van der Waals surface area contributed by atoms with Gasteiger partial charge in [-0.25, -0.2) is 0 Å². The van der Waals surface area contributed by atoms with Gasteiger partial charge in [0.25, 0.3) is 5.91 Å². The van der Waals surface area contributed by atoms with Crippen molar-refractivity contribution in [2.75, 3.05) is 19.6 Å². The monoisotopic (exact) mass is 338 g/mol. The van der Waals surface area contributed by atoms with E-state index in [1.165, 1.54) is 43.4 Å². The molecule has 0 aromatic carbocycles. The number of amides is 1. The first kappa shape index (κ1) is 19.5. The summed E-state index contributed by atoms with van der Waals surface area (Å²) in [5.41, 5.74) is 5.81. The van der Waals surface area contributed by atoms with Crippen molar-refractivity contribution in [1.82, 2.24) is 10.6 Å². The molecule has 0 aliphatic carbocycles. The molecule has 0 saturated carbocycles. The molecular weight excluding hydrogens is 308 g/mol. The van der Waals surface area contributed by atoms with Gasteiger partial charge in [-0.2, -0.15) is 0 Å². The van der Waals surface area contributed by atoms with E-state index in [1.54, 1.807) is 0 Å². The Balaban J connectivity index is 1.96. The molecule has 0 saturated heterocycles. The molecule has 130 valence electrons. The van der Waals surface area contributed by atoms with Gasteiger partial charge in [-0.3, -0.25) is 9.79 Å². The van der Waals surface area contributed by atoms with Crippen molar-refractivity contribution in [3.63, 3.8) is 0 Å². The standard InChI is InChI=1S/C17H30N4OS/c1-2-3-4-5-6-7-11-20-17(18)21-13-9-12-19-16(22)15-10-8-14-23-15/h8,10,14H,2-7,9,11-13H2,1H3,(H,19,22)(H3,18,20,21). The van der Waals surface area contributed by atoms with E-state index in [1.807, 2.05) is 17.5 Å². The van der Waals surface area contributed by atoms with Gasteiger partial charge < -0.3 is 16.4 Å². The maximum Gasteiger partial charge on any atom is 0.261 e. The molecule has 0 spiro atoms. The first-order valence-corrected chi connectivity index (χ1v) is 9.47. The van der Waals surface area contributed by atoms with Crippen LogP contribution in [-0.4, -0.2) is 31.5 Å². The van der Waals surface area contributed by atoms with Crippen LogP contribution in [0.4, 0.5) is 0 Å². The topological polar surface area (TPSA) is 79.5 Å². The molecule has 1 aromatic rings. The number of nitrogens with zero attached hydrogens (tertiary/aromatic N) is 1. The number of carbonyl (C=O) groups is 1. The van der Waals surface area contributed by atoms with Crippen molar-refractivity contribution in [2.45, 2.75) is 51.9 Å². The summed E-state index contributed by atoms with van der Waals surface area (Å²) in [4.78, 5) is 16.7. The van der Waals surface area contributed by atoms with Crippen LogP contribution in [0.25, 0.3) is 0 Å². The minimum atomic E-state index is -0.0156. The number of rotatable bonds is 12. The number of unbranched alkanes of at least 4 members (excludes halogenated alkanes) is 5. The summed E-state index contributed by atoms with van der Waals surface area (Å²) in [6, 6.07) is 3.70. The lowest BCUT2D eigenvalue weighted by Gasteiger charge is -2.06. The fourth-order valence-electron chi connectivity index (χ4n) is 2.15. The summed E-state index contributed by atoms with van der Waals surface area (Å²) in [6.07, 6.45) is 8.42. The lowest BCUT2D eigenvalue weighted by molar-refractivity contribution is 0.0957. The number of hydrogen-bond acceptors (Lipinski definition) is 3. The minimum absolute atomic E-state index is 0.0156. The highest BCUT2D eigenvalue weighted by molar-refractivity contribution is 7.12. The van der Waals surface area contributed by atoms with Crippen LogP contribution in [0.3, 0.4) is 0 Å². The van der Waals surface area contributed by atoms with Crippen LogP contribution < -0.4 is 16.4 Å². The summed E-state index contributed by atoms with van der Waals surface area (Å²) in [6.45, 7) is 4.36. The molecule has 1 amide bonds. The van der Waals surface area contributed by atoms with Crippen LogP contribution in [0.1, 0.15) is 61.5 Å². The van der Waals surface area contributed by atoms with Gasteiger partial charge in [-0.1, -0.05) is 45.1 Å². The molecule has 0 fully saturated rings. The molecule has 0 aliphatic rings. The summed E-state index contributed by atoms with van der Waals surface area (Å²) < 4.78 is 0. The number of thiophene rings is 1. The third kappa shape index (κ3) is 9.94. The second-order valence-corrected chi connectivity index (χ2v) is 6.50. The Labute approximate surface area is 143 Å². The Bertz CT molecular complexity index is 445. The van der Waals surface area contributed by atoms with Gasteiger partial charge in [0.05, 0.1) is 4.88 Å². The highest BCUT2D eigenvalue weighted by Gasteiger charge is 2.04. The molecule has 1 rings (SSSR count). The third-order valence-electron chi connectivity index (χ3n) is 3.48. The van der Waals surface area contributed by atoms with Gasteiger partial charge in [0.2, 0.25) is 0 Å². The summed E-state index contributed by atoms with van der Waals surface area (Å²) in [5.74, 6) is 0.487. The summed E-state index contributed by atoms with van der Waals surface area (Å²) in [5, 5.41) is 7.91. The zero-order valence-electron chi connectivity index (χ0n) is 14.1. The van der Waals surface area contributed by atoms with E-state index >= 15 is 0 Å². The molecule has 0 radical (unpaired) electrons. The number of guanidine groups is 1. The molecule has 6 heteroatoms. The van der Waals surface area contributed by atoms with Crippen molar-refractivity contribution < 1.29 is 4.79 Å². The summed E-state index contributed by atoms with van der Waals surface area (Å²) >= 11 is 1.45. The lowest BCUT2D eigenvalue weighted by Crippen LogP contribution is -2.32. The average Bonchev–Trinajstić information content (AvgIpc) is 3.08. The Hall–Kier alpha value is -1.56. The van der Waals surface area contributed by atoms with Crippen LogP contribution in [-0.2, 0) is 0 Å². The van der Waals surface area contributed by atoms with Gasteiger partial charge in [0.1, 0.15) is 0 Å². The van der Waals surface area contributed by atoms with E-state index in [9.17, 15) is 4.79 Å². The fraction of sp³-hybridized carbons (Fsp3) is 0.647. The van der Waals surface area contributed by atoms with E-state index < -0.39 is 0 Å². The van der Waals surface area contributed by atoms with Crippen LogP contribution in [0.15, 0.2) is 22.5 Å². The first-order valence-electron chi connectivity index (χ1n) is 8.59. The minimum Gasteiger partial charge on any atom is -0.370 e. The van der Waals surface area contributed by atoms with Gasteiger partial charge >= 0.3 is 0 Å². The molecule has 23 heavy (non-hydrogen) atoms. The molecule has 1 aromatic heterocycles. The van der Waals surface area contributed by atoms with Crippen LogP contribution in [0.5, 0.6) is 0 Å². The number of hydrogen-bond donors (Lipinski definition) is 3. The van der Waals surface area contributed by atoms with Crippen molar-refractivity contribution in [1.29, 1.82) is 0 Å². The molecule has 0 atom stereocenters. The average molecular weight is 339 g/mol. The molecule has 0 aliphatic heterocycles. The zero-order chi connectivity index (χ0) is 16.8.